The molecule has 0 spiro atoms. The molecule has 0 radical (unpaired) electrons. The summed E-state index contributed by atoms with van der Waals surface area (Å²) in [7, 11) is 0. The lowest BCUT2D eigenvalue weighted by Crippen LogP contribution is -2.25. The summed E-state index contributed by atoms with van der Waals surface area (Å²) in [6, 6.07) is 26.9. The zero-order chi connectivity index (χ0) is 20.3. The summed E-state index contributed by atoms with van der Waals surface area (Å²) in [5.74, 6) is 1.82. The van der Waals surface area contributed by atoms with Gasteiger partial charge in [-0.25, -0.2) is 0 Å². The van der Waals surface area contributed by atoms with E-state index >= 15 is 0 Å². The molecule has 0 aliphatic rings. The molecule has 3 heteroatoms. The number of rotatable bonds is 11. The van der Waals surface area contributed by atoms with Crippen molar-refractivity contribution in [1.29, 1.82) is 0 Å². The van der Waals surface area contributed by atoms with E-state index in [0.29, 0.717) is 6.61 Å². The summed E-state index contributed by atoms with van der Waals surface area (Å²) in [4.78, 5) is 0. The van der Waals surface area contributed by atoms with Crippen LogP contribution >= 0.6 is 0 Å². The molecule has 3 nitrogen and oxygen atoms in total. The number of aryl methyl sites for hydroxylation is 2. The number of hydrogen-bond acceptors (Lipinski definition) is 3. The number of ether oxygens (including phenoxy) is 2. The van der Waals surface area contributed by atoms with Gasteiger partial charge in [-0.3, -0.25) is 0 Å². The molecule has 3 aromatic rings. The average Bonchev–Trinajstić information content (AvgIpc) is 2.75. The Labute approximate surface area is 174 Å². The highest BCUT2D eigenvalue weighted by Gasteiger charge is 2.08. The number of benzene rings is 3. The van der Waals surface area contributed by atoms with Gasteiger partial charge in [-0.2, -0.15) is 0 Å². The second-order valence-corrected chi connectivity index (χ2v) is 7.31. The van der Waals surface area contributed by atoms with Gasteiger partial charge in [-0.1, -0.05) is 55.5 Å². The van der Waals surface area contributed by atoms with Gasteiger partial charge in [0.15, 0.2) is 0 Å². The summed E-state index contributed by atoms with van der Waals surface area (Å²) in [5, 5.41) is 3.48. The van der Waals surface area contributed by atoms with E-state index in [1.54, 1.807) is 0 Å². The Balaban J connectivity index is 1.44. The van der Waals surface area contributed by atoms with Crippen molar-refractivity contribution < 1.29 is 9.47 Å². The van der Waals surface area contributed by atoms with Crippen LogP contribution in [0.3, 0.4) is 0 Å². The molecule has 0 amide bonds. The minimum Gasteiger partial charge on any atom is -0.494 e. The van der Waals surface area contributed by atoms with Crippen molar-refractivity contribution in [2.45, 2.75) is 39.2 Å². The predicted octanol–water partition coefficient (Wildman–Crippen LogP) is 6.28. The van der Waals surface area contributed by atoms with Crippen LogP contribution < -0.4 is 14.8 Å². The summed E-state index contributed by atoms with van der Waals surface area (Å²) >= 11 is 0. The van der Waals surface area contributed by atoms with Crippen LogP contribution in [0.5, 0.6) is 11.5 Å². The Morgan fingerprint density at radius 3 is 2.45 bits per heavy atom. The Morgan fingerprint density at radius 1 is 0.862 bits per heavy atom. The fourth-order valence-electron chi connectivity index (χ4n) is 3.19. The van der Waals surface area contributed by atoms with Gasteiger partial charge in [-0.15, -0.1) is 0 Å². The van der Waals surface area contributed by atoms with E-state index in [0.717, 1.165) is 43.0 Å². The van der Waals surface area contributed by atoms with E-state index in [2.05, 4.69) is 67.7 Å². The predicted molar refractivity (Wildman–Crippen MR) is 121 cm³/mol. The SMILES string of the molecule is CC[C@@H](CNc1cccc(OCCCc2ccccc2)c1)Oc1cccc(C)c1. The molecule has 152 valence electrons. The van der Waals surface area contributed by atoms with E-state index in [1.807, 2.05) is 30.3 Å². The zero-order valence-electron chi connectivity index (χ0n) is 17.4. The normalized spacial score (nSPS) is 11.7. The first kappa shape index (κ1) is 20.8. The molecule has 0 saturated carbocycles. The molecule has 29 heavy (non-hydrogen) atoms. The highest BCUT2D eigenvalue weighted by atomic mass is 16.5. The van der Waals surface area contributed by atoms with Crippen molar-refractivity contribution >= 4 is 5.69 Å². The molecule has 0 bridgehead atoms. The topological polar surface area (TPSA) is 30.5 Å². The molecular weight excluding hydrogens is 358 g/mol. The molecule has 3 rings (SSSR count). The molecule has 0 aromatic heterocycles. The van der Waals surface area contributed by atoms with Crippen LogP contribution in [0.1, 0.15) is 30.9 Å². The lowest BCUT2D eigenvalue weighted by molar-refractivity contribution is 0.210. The summed E-state index contributed by atoms with van der Waals surface area (Å²) in [5.41, 5.74) is 3.62. The van der Waals surface area contributed by atoms with Crippen LogP contribution in [0, 0.1) is 6.92 Å². The number of nitrogens with one attached hydrogen (secondary N) is 1. The summed E-state index contributed by atoms with van der Waals surface area (Å²) in [6.45, 7) is 5.69. The van der Waals surface area contributed by atoms with E-state index in [-0.39, 0.29) is 6.10 Å². The van der Waals surface area contributed by atoms with Gasteiger partial charge in [0.25, 0.3) is 0 Å². The summed E-state index contributed by atoms with van der Waals surface area (Å²) in [6.07, 6.45) is 3.10. The Bertz CT molecular complexity index is 863. The molecular formula is C26H31NO2. The van der Waals surface area contributed by atoms with Crippen molar-refractivity contribution in [1.82, 2.24) is 0 Å². The van der Waals surface area contributed by atoms with E-state index in [1.165, 1.54) is 11.1 Å². The minimum absolute atomic E-state index is 0.118. The molecule has 3 aromatic carbocycles. The van der Waals surface area contributed by atoms with Crippen LogP contribution in [0.2, 0.25) is 0 Å². The third-order valence-corrected chi connectivity index (χ3v) is 4.84. The van der Waals surface area contributed by atoms with E-state index in [9.17, 15) is 0 Å². The molecule has 1 atom stereocenters. The zero-order valence-corrected chi connectivity index (χ0v) is 17.4. The maximum Gasteiger partial charge on any atom is 0.121 e. The Kier molecular flexibility index (Phi) is 8.00. The highest BCUT2D eigenvalue weighted by molar-refractivity contribution is 5.48. The van der Waals surface area contributed by atoms with Gasteiger partial charge in [-0.05, 0) is 61.6 Å². The van der Waals surface area contributed by atoms with Gasteiger partial charge >= 0.3 is 0 Å². The molecule has 1 N–H and O–H groups in total. The van der Waals surface area contributed by atoms with Crippen LogP contribution in [-0.4, -0.2) is 19.3 Å². The Hall–Kier alpha value is -2.94. The number of hydrogen-bond donors (Lipinski definition) is 1. The van der Waals surface area contributed by atoms with Crippen molar-refractivity contribution in [3.63, 3.8) is 0 Å². The third-order valence-electron chi connectivity index (χ3n) is 4.84. The highest BCUT2D eigenvalue weighted by Crippen LogP contribution is 2.19. The minimum atomic E-state index is 0.118. The average molecular weight is 390 g/mol. The largest absolute Gasteiger partial charge is 0.494 e. The lowest BCUT2D eigenvalue weighted by atomic mass is 10.1. The van der Waals surface area contributed by atoms with Gasteiger partial charge in [0.2, 0.25) is 0 Å². The monoisotopic (exact) mass is 389 g/mol. The molecule has 0 aliphatic heterocycles. The first-order valence-electron chi connectivity index (χ1n) is 10.5. The third kappa shape index (κ3) is 7.19. The smallest absolute Gasteiger partial charge is 0.121 e. The molecule has 0 saturated heterocycles. The van der Waals surface area contributed by atoms with Gasteiger partial charge in [0, 0.05) is 11.8 Å². The van der Waals surface area contributed by atoms with Crippen molar-refractivity contribution in [2.75, 3.05) is 18.5 Å². The summed E-state index contributed by atoms with van der Waals surface area (Å²) < 4.78 is 12.1. The maximum atomic E-state index is 6.12. The quantitative estimate of drug-likeness (QED) is 0.392. The fourth-order valence-corrected chi connectivity index (χ4v) is 3.19. The standard InChI is InChI=1S/C26H31NO2/c1-3-24(29-26-16-7-10-21(2)18-26)20-27-23-14-8-15-25(19-23)28-17-9-13-22-11-5-4-6-12-22/h4-8,10-12,14-16,18-19,24,27H,3,9,13,17,20H2,1-2H3/t24-/m0/s1. The van der Waals surface area contributed by atoms with Gasteiger partial charge < -0.3 is 14.8 Å². The molecule has 0 fully saturated rings. The van der Waals surface area contributed by atoms with Crippen molar-refractivity contribution in [2.24, 2.45) is 0 Å². The van der Waals surface area contributed by atoms with Crippen LogP contribution in [0.15, 0.2) is 78.9 Å². The van der Waals surface area contributed by atoms with Crippen LogP contribution in [0.4, 0.5) is 5.69 Å². The first-order chi connectivity index (χ1) is 14.2. The van der Waals surface area contributed by atoms with Crippen molar-refractivity contribution in [3.05, 3.63) is 90.0 Å². The molecule has 0 heterocycles. The van der Waals surface area contributed by atoms with E-state index in [4.69, 9.17) is 9.47 Å². The maximum absolute atomic E-state index is 6.12. The van der Waals surface area contributed by atoms with Crippen molar-refractivity contribution in [3.8, 4) is 11.5 Å². The second-order valence-electron chi connectivity index (χ2n) is 7.31. The van der Waals surface area contributed by atoms with E-state index < -0.39 is 0 Å². The second kappa shape index (κ2) is 11.2. The van der Waals surface area contributed by atoms with Gasteiger partial charge in [0.1, 0.15) is 17.6 Å². The van der Waals surface area contributed by atoms with Gasteiger partial charge in [0.05, 0.1) is 13.2 Å². The molecule has 0 unspecified atom stereocenters. The van der Waals surface area contributed by atoms with Crippen LogP contribution in [0.25, 0.3) is 0 Å². The first-order valence-corrected chi connectivity index (χ1v) is 10.5. The van der Waals surface area contributed by atoms with Crippen LogP contribution in [-0.2, 0) is 6.42 Å². The number of anilines is 1. The Morgan fingerprint density at radius 2 is 1.66 bits per heavy atom. The lowest BCUT2D eigenvalue weighted by Gasteiger charge is -2.19. The fraction of sp³-hybridized carbons (Fsp3) is 0.308. The molecule has 0 aliphatic carbocycles.